The van der Waals surface area contributed by atoms with Crippen molar-refractivity contribution in [2.45, 2.75) is 25.7 Å². The summed E-state index contributed by atoms with van der Waals surface area (Å²) in [5.74, 6) is 0.975. The number of rotatable bonds is 4. The van der Waals surface area contributed by atoms with E-state index in [1.54, 1.807) is 6.07 Å². The lowest BCUT2D eigenvalue weighted by Gasteiger charge is -2.16. The minimum atomic E-state index is -0.0602. The first-order valence-electron chi connectivity index (χ1n) is 5.68. The van der Waals surface area contributed by atoms with Crippen molar-refractivity contribution < 1.29 is 4.79 Å². The molecule has 1 amide bonds. The van der Waals surface area contributed by atoms with Gasteiger partial charge in [0.25, 0.3) is 5.91 Å². The standard InChI is InChI=1S/C13H18BrNOS/c1-8(2)9(3)7-15-13(16)11-5-4-10(14)6-12(11)17/h4-6,8-9,17H,7H2,1-3H3,(H,15,16). The molecule has 0 bridgehead atoms. The number of benzene rings is 1. The fourth-order valence-corrected chi connectivity index (χ4v) is 2.13. The lowest BCUT2D eigenvalue weighted by atomic mass is 9.98. The summed E-state index contributed by atoms with van der Waals surface area (Å²) >= 11 is 7.65. The van der Waals surface area contributed by atoms with Crippen molar-refractivity contribution in [2.24, 2.45) is 11.8 Å². The Morgan fingerprint density at radius 3 is 2.59 bits per heavy atom. The van der Waals surface area contributed by atoms with Crippen molar-refractivity contribution >= 4 is 34.5 Å². The van der Waals surface area contributed by atoms with Crippen molar-refractivity contribution in [3.8, 4) is 0 Å². The maximum absolute atomic E-state index is 11.9. The molecule has 0 radical (unpaired) electrons. The second kappa shape index (κ2) is 6.45. The number of halogens is 1. The van der Waals surface area contributed by atoms with Crippen LogP contribution in [0.5, 0.6) is 0 Å². The zero-order chi connectivity index (χ0) is 13.0. The third-order valence-corrected chi connectivity index (χ3v) is 3.79. The highest BCUT2D eigenvalue weighted by Gasteiger charge is 2.12. The molecule has 94 valence electrons. The molecule has 0 aromatic heterocycles. The van der Waals surface area contributed by atoms with Crippen molar-refractivity contribution in [1.82, 2.24) is 5.32 Å². The van der Waals surface area contributed by atoms with Crippen LogP contribution >= 0.6 is 28.6 Å². The van der Waals surface area contributed by atoms with E-state index in [4.69, 9.17) is 0 Å². The predicted molar refractivity (Wildman–Crippen MR) is 77.7 cm³/mol. The van der Waals surface area contributed by atoms with E-state index < -0.39 is 0 Å². The molecule has 17 heavy (non-hydrogen) atoms. The fourth-order valence-electron chi connectivity index (χ4n) is 1.28. The molecule has 1 aromatic carbocycles. The van der Waals surface area contributed by atoms with Gasteiger partial charge in [0, 0.05) is 15.9 Å². The SMILES string of the molecule is CC(C)C(C)CNC(=O)c1ccc(Br)cc1S. The molecule has 0 saturated heterocycles. The zero-order valence-corrected chi connectivity index (χ0v) is 12.8. The summed E-state index contributed by atoms with van der Waals surface area (Å²) in [4.78, 5) is 12.6. The van der Waals surface area contributed by atoms with Crippen LogP contribution < -0.4 is 5.32 Å². The molecule has 1 atom stereocenters. The highest BCUT2D eigenvalue weighted by Crippen LogP contribution is 2.19. The molecular formula is C13H18BrNOS. The molecule has 4 heteroatoms. The van der Waals surface area contributed by atoms with Gasteiger partial charge in [-0.05, 0) is 30.0 Å². The lowest BCUT2D eigenvalue weighted by Crippen LogP contribution is -2.30. The summed E-state index contributed by atoms with van der Waals surface area (Å²) in [6.07, 6.45) is 0. The van der Waals surface area contributed by atoms with Crippen LogP contribution in [0.1, 0.15) is 31.1 Å². The van der Waals surface area contributed by atoms with Crippen molar-refractivity contribution in [1.29, 1.82) is 0 Å². The second-order valence-corrected chi connectivity index (χ2v) is 5.99. The van der Waals surface area contributed by atoms with E-state index in [0.717, 1.165) is 4.47 Å². The second-order valence-electron chi connectivity index (χ2n) is 4.59. The number of carbonyl (C=O) groups is 1. The molecule has 1 rings (SSSR count). The summed E-state index contributed by atoms with van der Waals surface area (Å²) in [5, 5.41) is 2.94. The monoisotopic (exact) mass is 315 g/mol. The van der Waals surface area contributed by atoms with Crippen molar-refractivity contribution in [3.05, 3.63) is 28.2 Å². The Hall–Kier alpha value is -0.480. The first-order chi connectivity index (χ1) is 7.91. The molecule has 0 aliphatic carbocycles. The molecule has 0 aliphatic heterocycles. The highest BCUT2D eigenvalue weighted by molar-refractivity contribution is 9.10. The van der Waals surface area contributed by atoms with Gasteiger partial charge in [0.05, 0.1) is 5.56 Å². The van der Waals surface area contributed by atoms with Gasteiger partial charge in [-0.15, -0.1) is 12.6 Å². The van der Waals surface area contributed by atoms with E-state index >= 15 is 0 Å². The van der Waals surface area contributed by atoms with Crippen LogP contribution in [0.4, 0.5) is 0 Å². The van der Waals surface area contributed by atoms with Gasteiger partial charge in [0.1, 0.15) is 0 Å². The molecule has 0 aliphatic rings. The van der Waals surface area contributed by atoms with Gasteiger partial charge in [-0.2, -0.15) is 0 Å². The van der Waals surface area contributed by atoms with Crippen molar-refractivity contribution in [3.63, 3.8) is 0 Å². The fraction of sp³-hybridized carbons (Fsp3) is 0.462. The largest absolute Gasteiger partial charge is 0.352 e. The minimum absolute atomic E-state index is 0.0602. The Kier molecular flexibility index (Phi) is 5.53. The lowest BCUT2D eigenvalue weighted by molar-refractivity contribution is 0.0942. The third-order valence-electron chi connectivity index (χ3n) is 2.93. The molecule has 0 spiro atoms. The molecule has 1 unspecified atom stereocenters. The Morgan fingerprint density at radius 1 is 1.41 bits per heavy atom. The van der Waals surface area contributed by atoms with Gasteiger partial charge in [-0.25, -0.2) is 0 Å². The van der Waals surface area contributed by atoms with Crippen LogP contribution in [0.3, 0.4) is 0 Å². The average Bonchev–Trinajstić information content (AvgIpc) is 2.25. The molecule has 1 aromatic rings. The number of nitrogens with one attached hydrogen (secondary N) is 1. The van der Waals surface area contributed by atoms with Gasteiger partial charge < -0.3 is 5.32 Å². The van der Waals surface area contributed by atoms with E-state index in [0.29, 0.717) is 28.8 Å². The number of hydrogen-bond donors (Lipinski definition) is 2. The quantitative estimate of drug-likeness (QED) is 0.814. The first-order valence-corrected chi connectivity index (χ1v) is 6.92. The number of thiol groups is 1. The predicted octanol–water partition coefficient (Wildman–Crippen LogP) is 3.76. The average molecular weight is 316 g/mol. The normalized spacial score (nSPS) is 12.6. The summed E-state index contributed by atoms with van der Waals surface area (Å²) in [6, 6.07) is 5.45. The molecule has 2 nitrogen and oxygen atoms in total. The van der Waals surface area contributed by atoms with Gasteiger partial charge in [0.15, 0.2) is 0 Å². The Labute approximate surface area is 117 Å². The van der Waals surface area contributed by atoms with E-state index in [-0.39, 0.29) is 5.91 Å². The Bertz CT molecular complexity index is 406. The zero-order valence-electron chi connectivity index (χ0n) is 10.3. The van der Waals surface area contributed by atoms with Crippen LogP contribution in [0.15, 0.2) is 27.6 Å². The van der Waals surface area contributed by atoms with Crippen LogP contribution in [0, 0.1) is 11.8 Å². The number of hydrogen-bond acceptors (Lipinski definition) is 2. The van der Waals surface area contributed by atoms with E-state index in [1.807, 2.05) is 12.1 Å². The molecule has 0 heterocycles. The molecule has 0 fully saturated rings. The van der Waals surface area contributed by atoms with Gasteiger partial charge in [0.2, 0.25) is 0 Å². The van der Waals surface area contributed by atoms with E-state index in [2.05, 4.69) is 54.6 Å². The topological polar surface area (TPSA) is 29.1 Å². The number of carbonyl (C=O) groups excluding carboxylic acids is 1. The van der Waals surface area contributed by atoms with E-state index in [9.17, 15) is 4.79 Å². The minimum Gasteiger partial charge on any atom is -0.352 e. The number of amides is 1. The molecule has 0 saturated carbocycles. The Morgan fingerprint density at radius 2 is 2.06 bits per heavy atom. The third kappa shape index (κ3) is 4.36. The van der Waals surface area contributed by atoms with Gasteiger partial charge in [-0.1, -0.05) is 36.7 Å². The summed E-state index contributed by atoms with van der Waals surface area (Å²) < 4.78 is 0.926. The van der Waals surface area contributed by atoms with E-state index in [1.165, 1.54) is 0 Å². The summed E-state index contributed by atoms with van der Waals surface area (Å²) in [6.45, 7) is 7.13. The molecular weight excluding hydrogens is 298 g/mol. The van der Waals surface area contributed by atoms with Gasteiger partial charge >= 0.3 is 0 Å². The molecule has 1 N–H and O–H groups in total. The first kappa shape index (κ1) is 14.6. The van der Waals surface area contributed by atoms with Crippen LogP contribution in [0.2, 0.25) is 0 Å². The van der Waals surface area contributed by atoms with Crippen LogP contribution in [-0.4, -0.2) is 12.5 Å². The maximum Gasteiger partial charge on any atom is 0.252 e. The maximum atomic E-state index is 11.9. The van der Waals surface area contributed by atoms with Gasteiger partial charge in [-0.3, -0.25) is 4.79 Å². The Balaban J connectivity index is 2.64. The van der Waals surface area contributed by atoms with Crippen LogP contribution in [-0.2, 0) is 0 Å². The van der Waals surface area contributed by atoms with Crippen molar-refractivity contribution in [2.75, 3.05) is 6.54 Å². The summed E-state index contributed by atoms with van der Waals surface area (Å²) in [7, 11) is 0. The smallest absolute Gasteiger partial charge is 0.252 e. The summed E-state index contributed by atoms with van der Waals surface area (Å²) in [5.41, 5.74) is 0.618. The van der Waals surface area contributed by atoms with Crippen LogP contribution in [0.25, 0.3) is 0 Å². The highest BCUT2D eigenvalue weighted by atomic mass is 79.9.